The lowest BCUT2D eigenvalue weighted by Gasteiger charge is -2.02. The summed E-state index contributed by atoms with van der Waals surface area (Å²) in [6, 6.07) is 4.86. The van der Waals surface area contributed by atoms with E-state index in [2.05, 4.69) is 0 Å². The fourth-order valence-corrected chi connectivity index (χ4v) is 0.941. The number of hydrogen-bond donors (Lipinski definition) is 1. The summed E-state index contributed by atoms with van der Waals surface area (Å²) in [5.41, 5.74) is 0.724. The fraction of sp³-hybridized carbons (Fsp3) is 0.100. The Kier molecular flexibility index (Phi) is 3.09. The van der Waals surface area contributed by atoms with Gasteiger partial charge in [-0.25, -0.2) is 0 Å². The summed E-state index contributed by atoms with van der Waals surface area (Å²) in [7, 11) is 1.48. The van der Waals surface area contributed by atoms with Crippen molar-refractivity contribution in [2.75, 3.05) is 7.11 Å². The highest BCUT2D eigenvalue weighted by Gasteiger charge is 1.99. The van der Waals surface area contributed by atoms with Gasteiger partial charge < -0.3 is 9.84 Å². The van der Waals surface area contributed by atoms with E-state index in [-0.39, 0.29) is 5.75 Å². The van der Waals surface area contributed by atoms with E-state index in [0.717, 1.165) is 5.56 Å². The third kappa shape index (κ3) is 2.33. The normalized spacial score (nSPS) is 10.2. The molecule has 0 atom stereocenters. The van der Waals surface area contributed by atoms with Crippen molar-refractivity contribution < 1.29 is 14.6 Å². The molecule has 1 aromatic carbocycles. The first-order valence-electron chi connectivity index (χ1n) is 3.69. The van der Waals surface area contributed by atoms with Crippen LogP contribution in [-0.4, -0.2) is 18.5 Å². The van der Waals surface area contributed by atoms with Gasteiger partial charge in [-0.2, -0.15) is 0 Å². The van der Waals surface area contributed by atoms with Crippen molar-refractivity contribution in [1.29, 1.82) is 0 Å². The van der Waals surface area contributed by atoms with Crippen LogP contribution in [-0.2, 0) is 4.79 Å². The van der Waals surface area contributed by atoms with Gasteiger partial charge in [0.2, 0.25) is 6.29 Å². The number of phenols is 1. The van der Waals surface area contributed by atoms with Crippen molar-refractivity contribution in [2.45, 2.75) is 0 Å². The SMILES string of the molecule is COc1ccc(C=C[C]=O)cc1O. The number of hydrogen-bond acceptors (Lipinski definition) is 3. The maximum atomic E-state index is 9.89. The van der Waals surface area contributed by atoms with Gasteiger partial charge in [-0.05, 0) is 23.8 Å². The first-order valence-corrected chi connectivity index (χ1v) is 3.69. The van der Waals surface area contributed by atoms with Crippen LogP contribution in [0.2, 0.25) is 0 Å². The van der Waals surface area contributed by atoms with Crippen LogP contribution < -0.4 is 4.74 Å². The number of methoxy groups -OCH3 is 1. The van der Waals surface area contributed by atoms with Gasteiger partial charge in [-0.3, -0.25) is 4.79 Å². The van der Waals surface area contributed by atoms with E-state index in [9.17, 15) is 9.90 Å². The van der Waals surface area contributed by atoms with E-state index < -0.39 is 0 Å². The third-order valence-corrected chi connectivity index (χ3v) is 1.55. The van der Waals surface area contributed by atoms with E-state index in [1.54, 1.807) is 24.5 Å². The van der Waals surface area contributed by atoms with Crippen LogP contribution in [0.1, 0.15) is 5.56 Å². The van der Waals surface area contributed by atoms with Gasteiger partial charge in [0, 0.05) is 0 Å². The van der Waals surface area contributed by atoms with E-state index in [1.165, 1.54) is 19.3 Å². The number of carbonyl (C=O) groups excluding carboxylic acids is 1. The highest BCUT2D eigenvalue weighted by Crippen LogP contribution is 2.26. The van der Waals surface area contributed by atoms with Crippen molar-refractivity contribution in [3.63, 3.8) is 0 Å². The molecule has 0 saturated carbocycles. The summed E-state index contributed by atoms with van der Waals surface area (Å²) < 4.78 is 4.85. The first kappa shape index (κ1) is 9.32. The number of ether oxygens (including phenoxy) is 1. The molecule has 1 aromatic rings. The maximum Gasteiger partial charge on any atom is 0.225 e. The van der Waals surface area contributed by atoms with Crippen LogP contribution in [0.4, 0.5) is 0 Å². The zero-order valence-electron chi connectivity index (χ0n) is 7.15. The molecule has 13 heavy (non-hydrogen) atoms. The summed E-state index contributed by atoms with van der Waals surface area (Å²) in [6.45, 7) is 0. The van der Waals surface area contributed by atoms with E-state index in [4.69, 9.17) is 4.74 Å². The van der Waals surface area contributed by atoms with Crippen LogP contribution in [0.15, 0.2) is 24.3 Å². The summed E-state index contributed by atoms with van der Waals surface area (Å²) in [5.74, 6) is 0.461. The molecular weight excluding hydrogens is 168 g/mol. The standard InChI is InChI=1S/C10H9O3/c1-13-10-5-4-8(3-2-6-11)7-9(10)12/h2-5,7,12H,1H3. The molecule has 0 amide bonds. The minimum Gasteiger partial charge on any atom is -0.504 e. The monoisotopic (exact) mass is 177 g/mol. The van der Waals surface area contributed by atoms with Gasteiger partial charge in [0.15, 0.2) is 11.5 Å². The Labute approximate surface area is 76.3 Å². The molecule has 0 aliphatic rings. The fourth-order valence-electron chi connectivity index (χ4n) is 0.941. The lowest BCUT2D eigenvalue weighted by molar-refractivity contribution is 0.373. The summed E-state index contributed by atoms with van der Waals surface area (Å²) in [6.07, 6.45) is 4.41. The molecule has 0 aromatic heterocycles. The van der Waals surface area contributed by atoms with Gasteiger partial charge in [0.1, 0.15) is 0 Å². The molecule has 1 rings (SSSR count). The van der Waals surface area contributed by atoms with Gasteiger partial charge in [0.05, 0.1) is 7.11 Å². The number of aromatic hydroxyl groups is 1. The minimum atomic E-state index is 0.0514. The molecule has 0 heterocycles. The molecule has 3 nitrogen and oxygen atoms in total. The van der Waals surface area contributed by atoms with Crippen LogP contribution in [0.3, 0.4) is 0 Å². The highest BCUT2D eigenvalue weighted by atomic mass is 16.5. The zero-order valence-corrected chi connectivity index (χ0v) is 7.15. The molecule has 0 saturated heterocycles. The van der Waals surface area contributed by atoms with Gasteiger partial charge in [-0.15, -0.1) is 0 Å². The Morgan fingerprint density at radius 3 is 2.85 bits per heavy atom. The number of rotatable bonds is 3. The van der Waals surface area contributed by atoms with Crippen LogP contribution in [0.25, 0.3) is 6.08 Å². The number of allylic oxidation sites excluding steroid dienone is 1. The summed E-state index contributed by atoms with van der Waals surface area (Å²) in [5, 5.41) is 9.33. The molecule has 0 bridgehead atoms. The molecular formula is C10H9O3. The highest BCUT2D eigenvalue weighted by molar-refractivity contribution is 5.74. The number of benzene rings is 1. The molecule has 3 heteroatoms. The van der Waals surface area contributed by atoms with Crippen molar-refractivity contribution in [3.05, 3.63) is 29.8 Å². The maximum absolute atomic E-state index is 9.89. The van der Waals surface area contributed by atoms with E-state index in [0.29, 0.717) is 5.75 Å². The van der Waals surface area contributed by atoms with E-state index >= 15 is 0 Å². The van der Waals surface area contributed by atoms with Gasteiger partial charge in [-0.1, -0.05) is 12.1 Å². The van der Waals surface area contributed by atoms with E-state index in [1.807, 2.05) is 0 Å². The molecule has 1 radical (unpaired) electrons. The quantitative estimate of drug-likeness (QED) is 0.712. The summed E-state index contributed by atoms with van der Waals surface area (Å²) >= 11 is 0. The Hall–Kier alpha value is -1.77. The molecule has 1 N–H and O–H groups in total. The van der Waals surface area contributed by atoms with Gasteiger partial charge in [0.25, 0.3) is 0 Å². The second kappa shape index (κ2) is 4.30. The smallest absolute Gasteiger partial charge is 0.225 e. The topological polar surface area (TPSA) is 46.5 Å². The molecule has 67 valence electrons. The number of phenolic OH excluding ortho intramolecular Hbond substituents is 1. The third-order valence-electron chi connectivity index (χ3n) is 1.55. The second-order valence-electron chi connectivity index (χ2n) is 2.38. The van der Waals surface area contributed by atoms with Crippen LogP contribution in [0.5, 0.6) is 11.5 Å². The molecule has 0 fully saturated rings. The Bertz CT molecular complexity index is 329. The zero-order chi connectivity index (χ0) is 9.68. The predicted molar refractivity (Wildman–Crippen MR) is 49.4 cm³/mol. The molecule has 0 spiro atoms. The van der Waals surface area contributed by atoms with Crippen molar-refractivity contribution >= 4 is 12.4 Å². The second-order valence-corrected chi connectivity index (χ2v) is 2.38. The van der Waals surface area contributed by atoms with Crippen molar-refractivity contribution in [2.24, 2.45) is 0 Å². The Morgan fingerprint density at radius 1 is 1.54 bits per heavy atom. The lowest BCUT2D eigenvalue weighted by atomic mass is 10.2. The Balaban J connectivity index is 2.95. The lowest BCUT2D eigenvalue weighted by Crippen LogP contribution is -1.83. The van der Waals surface area contributed by atoms with Crippen LogP contribution in [0, 0.1) is 0 Å². The van der Waals surface area contributed by atoms with Gasteiger partial charge >= 0.3 is 0 Å². The minimum absolute atomic E-state index is 0.0514. The van der Waals surface area contributed by atoms with Crippen molar-refractivity contribution in [1.82, 2.24) is 0 Å². The molecule has 0 unspecified atom stereocenters. The summed E-state index contributed by atoms with van der Waals surface area (Å²) in [4.78, 5) is 9.89. The largest absolute Gasteiger partial charge is 0.504 e. The average Bonchev–Trinajstić information content (AvgIpc) is 2.15. The average molecular weight is 177 g/mol. The Morgan fingerprint density at radius 2 is 2.31 bits per heavy atom. The molecule has 0 aliphatic carbocycles. The first-order chi connectivity index (χ1) is 6.27. The predicted octanol–water partition coefficient (Wildman–Crippen LogP) is 1.52. The molecule has 0 aliphatic heterocycles. The van der Waals surface area contributed by atoms with Crippen LogP contribution >= 0.6 is 0 Å². The van der Waals surface area contributed by atoms with Crippen molar-refractivity contribution in [3.8, 4) is 11.5 Å².